The second-order valence-corrected chi connectivity index (χ2v) is 6.40. The number of tetrazole rings is 1. The molecule has 0 N–H and O–H groups in total. The van der Waals surface area contributed by atoms with Crippen molar-refractivity contribution in [3.63, 3.8) is 0 Å². The van der Waals surface area contributed by atoms with Crippen LogP contribution in [0.15, 0.2) is 18.2 Å². The molecule has 7 nitrogen and oxygen atoms in total. The maximum atomic E-state index is 11.9. The zero-order valence-electron chi connectivity index (χ0n) is 12.2. The molecule has 2 fully saturated rings. The molecule has 1 aromatic heterocycles. The van der Waals surface area contributed by atoms with E-state index in [0.717, 1.165) is 11.3 Å². The van der Waals surface area contributed by atoms with Gasteiger partial charge in [-0.05, 0) is 47.3 Å². The maximum absolute atomic E-state index is 11.9. The number of carbonyl (C=O) groups is 1. The molecule has 2 aliphatic heterocycles. The molecular weight excluding hydrogens is 340 g/mol. The number of Topliss-reactive ketones (excluding diaryl/α,β-unsaturated/α-hetero) is 1. The van der Waals surface area contributed by atoms with Gasteiger partial charge in [-0.2, -0.15) is 4.68 Å². The zero-order chi connectivity index (χ0) is 16.1. The van der Waals surface area contributed by atoms with E-state index in [1.807, 2.05) is 19.1 Å². The van der Waals surface area contributed by atoms with E-state index >= 15 is 0 Å². The van der Waals surface area contributed by atoms with Gasteiger partial charge < -0.3 is 9.47 Å². The van der Waals surface area contributed by atoms with Gasteiger partial charge in [-0.1, -0.05) is 17.7 Å². The lowest BCUT2D eigenvalue weighted by atomic mass is 10.0. The molecule has 0 saturated carbocycles. The Bertz CT molecular complexity index is 849. The number of aryl methyl sites for hydroxylation is 1. The van der Waals surface area contributed by atoms with Crippen molar-refractivity contribution in [2.45, 2.75) is 31.8 Å². The molecule has 0 aliphatic carbocycles. The summed E-state index contributed by atoms with van der Waals surface area (Å²) >= 11 is 11.6. The molecule has 23 heavy (non-hydrogen) atoms. The first-order chi connectivity index (χ1) is 11.0. The number of aromatic nitrogens is 4. The molecule has 2 saturated heterocycles. The van der Waals surface area contributed by atoms with Gasteiger partial charge >= 0.3 is 0 Å². The van der Waals surface area contributed by atoms with Crippen LogP contribution in [-0.2, 0) is 14.3 Å². The number of halogens is 1. The Hall–Kier alpha value is -1.61. The third kappa shape index (κ3) is 2.42. The summed E-state index contributed by atoms with van der Waals surface area (Å²) in [6.45, 7) is 2.27. The topological polar surface area (TPSA) is 71.2 Å². The summed E-state index contributed by atoms with van der Waals surface area (Å²) in [7, 11) is 0. The number of hydrogen-bond acceptors (Lipinski definition) is 6. The lowest BCUT2D eigenvalue weighted by Gasteiger charge is -2.25. The first-order valence-electron chi connectivity index (χ1n) is 7.15. The molecule has 9 heteroatoms. The van der Waals surface area contributed by atoms with Crippen LogP contribution in [0.5, 0.6) is 0 Å². The molecule has 1 aromatic carbocycles. The SMILES string of the molecule is Cc1ccc(-n2nnn([C@@H]3CC(=O)[C@H]4OC[C@H]3O4)c2=S)cc1Cl. The number of fused-ring (bicyclic) bond motifs is 2. The molecule has 0 spiro atoms. The first kappa shape index (κ1) is 14.9. The molecule has 3 heterocycles. The van der Waals surface area contributed by atoms with Gasteiger partial charge in [0.1, 0.15) is 6.10 Å². The molecule has 2 aliphatic rings. The first-order valence-corrected chi connectivity index (χ1v) is 7.94. The van der Waals surface area contributed by atoms with E-state index in [4.69, 9.17) is 33.3 Å². The van der Waals surface area contributed by atoms with Crippen molar-refractivity contribution < 1.29 is 14.3 Å². The van der Waals surface area contributed by atoms with Crippen LogP contribution < -0.4 is 0 Å². The van der Waals surface area contributed by atoms with Crippen LogP contribution in [0.4, 0.5) is 0 Å². The fourth-order valence-corrected chi connectivity index (χ4v) is 3.30. The van der Waals surface area contributed by atoms with Gasteiger partial charge in [0.2, 0.25) is 11.1 Å². The zero-order valence-corrected chi connectivity index (χ0v) is 13.8. The van der Waals surface area contributed by atoms with Crippen LogP contribution in [0, 0.1) is 11.7 Å². The van der Waals surface area contributed by atoms with Crippen LogP contribution in [0.1, 0.15) is 18.0 Å². The van der Waals surface area contributed by atoms with Crippen molar-refractivity contribution in [1.82, 2.24) is 19.8 Å². The Kier molecular flexibility index (Phi) is 3.56. The van der Waals surface area contributed by atoms with E-state index in [9.17, 15) is 4.79 Å². The summed E-state index contributed by atoms with van der Waals surface area (Å²) in [5.41, 5.74) is 1.69. The molecule has 2 bridgehead atoms. The molecule has 0 radical (unpaired) electrons. The second kappa shape index (κ2) is 5.48. The van der Waals surface area contributed by atoms with Crippen LogP contribution >= 0.6 is 23.8 Å². The summed E-state index contributed by atoms with van der Waals surface area (Å²) in [4.78, 5) is 11.9. The van der Waals surface area contributed by atoms with Crippen molar-refractivity contribution in [3.8, 4) is 5.69 Å². The second-order valence-electron chi connectivity index (χ2n) is 5.63. The van der Waals surface area contributed by atoms with E-state index in [2.05, 4.69) is 10.4 Å². The largest absolute Gasteiger partial charge is 0.343 e. The summed E-state index contributed by atoms with van der Waals surface area (Å²) < 4.78 is 14.3. The van der Waals surface area contributed by atoms with Crippen LogP contribution in [0.3, 0.4) is 0 Å². The average Bonchev–Trinajstić information content (AvgIpc) is 3.12. The minimum Gasteiger partial charge on any atom is -0.343 e. The quantitative estimate of drug-likeness (QED) is 0.770. The molecule has 4 rings (SSSR count). The van der Waals surface area contributed by atoms with Gasteiger partial charge in [0.25, 0.3) is 0 Å². The summed E-state index contributed by atoms with van der Waals surface area (Å²) in [6, 6.07) is 5.24. The molecule has 3 atom stereocenters. The van der Waals surface area contributed by atoms with Gasteiger partial charge in [0.15, 0.2) is 5.78 Å². The van der Waals surface area contributed by atoms with Gasteiger partial charge in [-0.15, -0.1) is 0 Å². The Morgan fingerprint density at radius 2 is 2.22 bits per heavy atom. The molecule has 2 aromatic rings. The van der Waals surface area contributed by atoms with Crippen molar-refractivity contribution in [3.05, 3.63) is 33.6 Å². The fourth-order valence-electron chi connectivity index (χ4n) is 2.81. The minimum absolute atomic E-state index is 0.0985. The Labute approximate surface area is 141 Å². The van der Waals surface area contributed by atoms with E-state index in [1.165, 1.54) is 4.68 Å². The normalized spacial score (nSPS) is 26.7. The highest BCUT2D eigenvalue weighted by Gasteiger charge is 2.45. The third-order valence-corrected chi connectivity index (χ3v) is 4.90. The Balaban J connectivity index is 1.72. The van der Waals surface area contributed by atoms with Crippen molar-refractivity contribution in [1.29, 1.82) is 0 Å². The number of rotatable bonds is 2. The van der Waals surface area contributed by atoms with E-state index in [-0.39, 0.29) is 24.3 Å². The molecule has 0 amide bonds. The summed E-state index contributed by atoms with van der Waals surface area (Å²) in [5.74, 6) is -0.0985. The predicted octanol–water partition coefficient (Wildman–Crippen LogP) is 2.02. The summed E-state index contributed by atoms with van der Waals surface area (Å²) in [6.07, 6.45) is -0.704. The number of nitrogens with zero attached hydrogens (tertiary/aromatic N) is 4. The standard InChI is InChI=1S/C14H13ClN4O3S/c1-7-2-3-8(4-9(7)15)18-14(23)19(17-16-18)10-5-11(20)13-21-6-12(10)22-13/h2-4,10,12-13H,5-6H2,1H3/t10-,12-,13+/m1/s1. The van der Waals surface area contributed by atoms with Crippen LogP contribution in [-0.4, -0.2) is 44.6 Å². The van der Waals surface area contributed by atoms with Crippen molar-refractivity contribution >= 4 is 29.6 Å². The Morgan fingerprint density at radius 1 is 1.39 bits per heavy atom. The highest BCUT2D eigenvalue weighted by Crippen LogP contribution is 2.32. The highest BCUT2D eigenvalue weighted by atomic mass is 35.5. The van der Waals surface area contributed by atoms with Crippen molar-refractivity contribution in [2.24, 2.45) is 0 Å². The lowest BCUT2D eigenvalue weighted by molar-refractivity contribution is -0.156. The molecular formula is C14H13ClN4O3S. The van der Waals surface area contributed by atoms with Crippen LogP contribution in [0.2, 0.25) is 5.02 Å². The third-order valence-electron chi connectivity index (χ3n) is 4.13. The van der Waals surface area contributed by atoms with Gasteiger partial charge in [0.05, 0.1) is 18.3 Å². The number of carbonyl (C=O) groups excluding carboxylic acids is 1. The predicted molar refractivity (Wildman–Crippen MR) is 83.2 cm³/mol. The molecule has 120 valence electrons. The monoisotopic (exact) mass is 352 g/mol. The highest BCUT2D eigenvalue weighted by molar-refractivity contribution is 7.71. The minimum atomic E-state index is -0.739. The average molecular weight is 353 g/mol. The summed E-state index contributed by atoms with van der Waals surface area (Å²) in [5, 5.41) is 8.84. The fraction of sp³-hybridized carbons (Fsp3) is 0.429. The number of hydrogen-bond donors (Lipinski definition) is 0. The maximum Gasteiger partial charge on any atom is 0.221 e. The number of ether oxygens (including phenoxy) is 2. The van der Waals surface area contributed by atoms with Gasteiger partial charge in [-0.3, -0.25) is 4.79 Å². The van der Waals surface area contributed by atoms with Crippen LogP contribution in [0.25, 0.3) is 5.69 Å². The smallest absolute Gasteiger partial charge is 0.221 e. The van der Waals surface area contributed by atoms with E-state index in [1.54, 1.807) is 10.7 Å². The Morgan fingerprint density at radius 3 is 3.00 bits per heavy atom. The number of benzene rings is 1. The van der Waals surface area contributed by atoms with E-state index in [0.29, 0.717) is 16.4 Å². The van der Waals surface area contributed by atoms with Gasteiger partial charge in [-0.25, -0.2) is 4.68 Å². The lowest BCUT2D eigenvalue weighted by Crippen LogP contribution is -2.37. The molecule has 0 unspecified atom stereocenters. The van der Waals surface area contributed by atoms with E-state index < -0.39 is 6.29 Å². The number of ketones is 1. The van der Waals surface area contributed by atoms with Gasteiger partial charge in [0, 0.05) is 11.4 Å². The van der Waals surface area contributed by atoms with Crippen molar-refractivity contribution in [2.75, 3.05) is 6.61 Å².